The SMILES string of the molecule is COC(=O)[C@H]1O[C@@H](O[C@H]2CC[C@]3(C)[C@H]4CC=C5[C@@H]6CC(C)(C)CC[C@]6(C(=O)O[C@@H]6O[C@H](CO)[C@@H](O)[C@H](O)[C@H]6O)CC[C@@]5(C)[C@]4(C)CC[C@H]3C2(C)C)[C@H](O[C@@H]2OC[C@@H](O)[C@H](O)[C@H]2O)[C@@H](O[C@@H]2O[C@H](CO)[C@@H](O)[C@H](O)[C@H]2O)[C@@H]1O. The molecule has 0 aromatic rings. The van der Waals surface area contributed by atoms with Crippen molar-refractivity contribution in [1.29, 1.82) is 0 Å². The van der Waals surface area contributed by atoms with Crippen LogP contribution in [0.1, 0.15) is 113 Å². The van der Waals surface area contributed by atoms with E-state index in [2.05, 4.69) is 54.5 Å². The van der Waals surface area contributed by atoms with Crippen LogP contribution in [0.25, 0.3) is 0 Å². The number of hydrogen-bond donors (Lipinski definition) is 12. The molecule has 0 radical (unpaired) electrons. The Hall–Kier alpha value is -2.08. The zero-order valence-electron chi connectivity index (χ0n) is 45.4. The van der Waals surface area contributed by atoms with Crippen LogP contribution in [0.15, 0.2) is 11.6 Å². The lowest BCUT2D eigenvalue weighted by atomic mass is 9.33. The van der Waals surface area contributed by atoms with Crippen LogP contribution in [0.5, 0.6) is 0 Å². The predicted molar refractivity (Wildman–Crippen MR) is 262 cm³/mol. The summed E-state index contributed by atoms with van der Waals surface area (Å²) in [5, 5.41) is 128. The Kier molecular flexibility index (Phi) is 16.7. The highest BCUT2D eigenvalue weighted by atomic mass is 16.8. The third-order valence-electron chi connectivity index (χ3n) is 21.2. The minimum atomic E-state index is -1.97. The molecule has 0 spiro atoms. The van der Waals surface area contributed by atoms with Crippen LogP contribution in [0.3, 0.4) is 0 Å². The van der Waals surface area contributed by atoms with E-state index in [4.69, 9.17) is 42.6 Å². The number of aliphatic hydroxyl groups is 12. The quantitative estimate of drug-likeness (QED) is 0.0656. The average Bonchev–Trinajstić information content (AvgIpc) is 3.44. The first-order valence-electron chi connectivity index (χ1n) is 27.6. The Morgan fingerprint density at radius 1 is 0.610 bits per heavy atom. The molecule has 9 rings (SSSR count). The summed E-state index contributed by atoms with van der Waals surface area (Å²) in [6.45, 7) is 13.8. The number of fused-ring (bicyclic) bond motifs is 7. The van der Waals surface area contributed by atoms with Crippen LogP contribution in [-0.4, -0.2) is 223 Å². The van der Waals surface area contributed by atoms with Gasteiger partial charge in [0.1, 0.15) is 85.5 Å². The third-order valence-corrected chi connectivity index (χ3v) is 21.2. The topological polar surface area (TPSA) is 360 Å². The summed E-state index contributed by atoms with van der Waals surface area (Å²) in [5.41, 5.74) is -1.33. The summed E-state index contributed by atoms with van der Waals surface area (Å²) in [6, 6.07) is 0. The molecule has 4 heterocycles. The number of esters is 2. The van der Waals surface area contributed by atoms with Crippen molar-refractivity contribution in [1.82, 2.24) is 0 Å². The van der Waals surface area contributed by atoms with E-state index in [9.17, 15) is 70.9 Å². The zero-order chi connectivity index (χ0) is 56.3. The van der Waals surface area contributed by atoms with Gasteiger partial charge < -0.3 is 104 Å². The molecule has 9 aliphatic rings. The molecule has 0 amide bonds. The van der Waals surface area contributed by atoms with Gasteiger partial charge in [-0.1, -0.05) is 60.1 Å². The molecule has 0 unspecified atom stereocenters. The first-order valence-corrected chi connectivity index (χ1v) is 27.6. The van der Waals surface area contributed by atoms with Crippen LogP contribution in [0.2, 0.25) is 0 Å². The van der Waals surface area contributed by atoms with E-state index in [1.807, 2.05) is 0 Å². The molecule has 440 valence electrons. The summed E-state index contributed by atoms with van der Waals surface area (Å²) >= 11 is 0. The van der Waals surface area contributed by atoms with Gasteiger partial charge in [0.15, 0.2) is 25.0 Å². The number of methoxy groups -OCH3 is 1. The second kappa shape index (κ2) is 21.6. The lowest BCUT2D eigenvalue weighted by Gasteiger charge is -2.71. The number of carbonyl (C=O) groups excluding carboxylic acids is 2. The molecule has 77 heavy (non-hydrogen) atoms. The van der Waals surface area contributed by atoms with Crippen LogP contribution < -0.4 is 0 Å². The Morgan fingerprint density at radius 2 is 1.21 bits per heavy atom. The van der Waals surface area contributed by atoms with Crippen molar-refractivity contribution in [3.05, 3.63) is 11.6 Å². The van der Waals surface area contributed by atoms with Crippen LogP contribution >= 0.6 is 0 Å². The Morgan fingerprint density at radius 3 is 1.84 bits per heavy atom. The number of aliphatic hydroxyl groups excluding tert-OH is 12. The molecular weight excluding hydrogens is 1020 g/mol. The molecule has 0 aromatic carbocycles. The molecule has 23 nitrogen and oxygen atoms in total. The van der Waals surface area contributed by atoms with Crippen molar-refractivity contribution in [2.24, 2.45) is 50.2 Å². The summed E-state index contributed by atoms with van der Waals surface area (Å²) in [4.78, 5) is 28.2. The zero-order valence-corrected chi connectivity index (χ0v) is 45.4. The standard InChI is InChI=1S/C54H86O23/c1-49(2)15-17-54(48(68)77-46-38(65)35(62)33(60)27(21-56)72-46)18-16-52(6)23(24(54)19-49)9-10-29-51(5)13-12-30(50(3,4)28(51)11-14-53(29,52)7)73-47-42(76-44-36(63)31(58)25(57)22-70-44)40(39(66)41(75-47)43(67)69-8)74-45-37(64)34(61)32(59)26(20-55)71-45/h9,24-42,44-47,55-66H,10-22H2,1-8H3/t24-,25+,26+,27+,28-,29+,30-,31-,32+,33+,34-,35-,36+,37+,38+,39-,40-,41-,42+,44-,45-,46-,47+,51-,52+,53+,54-/m0/s1. The van der Waals surface area contributed by atoms with E-state index in [0.29, 0.717) is 32.1 Å². The number of hydrogen-bond acceptors (Lipinski definition) is 23. The molecule has 4 aliphatic heterocycles. The summed E-state index contributed by atoms with van der Waals surface area (Å²) in [7, 11) is 1.08. The first-order chi connectivity index (χ1) is 36.0. The monoisotopic (exact) mass is 1100 g/mol. The molecule has 0 bridgehead atoms. The molecule has 23 heteroatoms. The van der Waals surface area contributed by atoms with Crippen molar-refractivity contribution >= 4 is 11.9 Å². The van der Waals surface area contributed by atoms with E-state index in [-0.39, 0.29) is 39.4 Å². The second-order valence-electron chi connectivity index (χ2n) is 26.0. The van der Waals surface area contributed by atoms with E-state index in [0.717, 1.165) is 39.2 Å². The molecule has 27 atom stereocenters. The van der Waals surface area contributed by atoms with Gasteiger partial charge in [-0.3, -0.25) is 4.79 Å². The highest BCUT2D eigenvalue weighted by molar-refractivity contribution is 5.79. The van der Waals surface area contributed by atoms with Crippen molar-refractivity contribution in [3.63, 3.8) is 0 Å². The van der Waals surface area contributed by atoms with Crippen molar-refractivity contribution in [2.45, 2.75) is 235 Å². The summed E-state index contributed by atoms with van der Waals surface area (Å²) in [6.07, 6.45) is -23.9. The molecule has 5 aliphatic carbocycles. The molecular formula is C54H86O23. The Bertz CT molecular complexity index is 2160. The lowest BCUT2D eigenvalue weighted by molar-refractivity contribution is -0.391. The third kappa shape index (κ3) is 9.76. The van der Waals surface area contributed by atoms with Crippen molar-refractivity contribution in [3.8, 4) is 0 Å². The minimum absolute atomic E-state index is 0.0291. The molecule has 0 aromatic heterocycles. The van der Waals surface area contributed by atoms with E-state index in [1.54, 1.807) is 0 Å². The van der Waals surface area contributed by atoms with Crippen molar-refractivity contribution < 1.29 is 113 Å². The van der Waals surface area contributed by atoms with Gasteiger partial charge in [-0.25, -0.2) is 4.79 Å². The van der Waals surface area contributed by atoms with Gasteiger partial charge in [0.05, 0.1) is 38.4 Å². The lowest BCUT2D eigenvalue weighted by Crippen LogP contribution is -2.68. The van der Waals surface area contributed by atoms with Crippen LogP contribution in [-0.2, 0) is 52.2 Å². The van der Waals surface area contributed by atoms with E-state index >= 15 is 0 Å². The fourth-order valence-corrected chi connectivity index (χ4v) is 16.3. The maximum atomic E-state index is 14.8. The fourth-order valence-electron chi connectivity index (χ4n) is 16.3. The maximum absolute atomic E-state index is 14.8. The van der Waals surface area contributed by atoms with Gasteiger partial charge in [-0.15, -0.1) is 0 Å². The van der Waals surface area contributed by atoms with Gasteiger partial charge >= 0.3 is 11.9 Å². The van der Waals surface area contributed by atoms with Gasteiger partial charge in [0.25, 0.3) is 0 Å². The van der Waals surface area contributed by atoms with Gasteiger partial charge in [0, 0.05) is 0 Å². The molecule has 4 saturated heterocycles. The van der Waals surface area contributed by atoms with Crippen LogP contribution in [0, 0.1) is 50.2 Å². The highest BCUT2D eigenvalue weighted by Crippen LogP contribution is 2.76. The minimum Gasteiger partial charge on any atom is -0.467 e. The van der Waals surface area contributed by atoms with Gasteiger partial charge in [0.2, 0.25) is 6.29 Å². The fraction of sp³-hybridized carbons (Fsp3) is 0.926. The normalized spacial score (nSPS) is 52.4. The predicted octanol–water partition coefficient (Wildman–Crippen LogP) is -1.22. The first kappa shape index (κ1) is 59.5. The smallest absolute Gasteiger partial charge is 0.337 e. The largest absolute Gasteiger partial charge is 0.467 e. The van der Waals surface area contributed by atoms with E-state index < -0.39 is 165 Å². The summed E-state index contributed by atoms with van der Waals surface area (Å²) < 4.78 is 53.8. The second-order valence-corrected chi connectivity index (χ2v) is 26.0. The molecule has 8 fully saturated rings. The van der Waals surface area contributed by atoms with E-state index in [1.165, 1.54) is 5.57 Å². The number of ether oxygens (including phenoxy) is 9. The van der Waals surface area contributed by atoms with Crippen molar-refractivity contribution in [2.75, 3.05) is 26.9 Å². The molecule has 4 saturated carbocycles. The Balaban J connectivity index is 1.00. The average molecular weight is 1100 g/mol. The Labute approximate surface area is 448 Å². The number of allylic oxidation sites excluding steroid dienone is 2. The highest BCUT2D eigenvalue weighted by Gasteiger charge is 2.70. The van der Waals surface area contributed by atoms with Gasteiger partial charge in [-0.05, 0) is 109 Å². The number of rotatable bonds is 11. The van der Waals surface area contributed by atoms with Gasteiger partial charge in [-0.2, -0.15) is 0 Å². The van der Waals surface area contributed by atoms with Crippen LogP contribution in [0.4, 0.5) is 0 Å². The number of carbonyl (C=O) groups is 2. The summed E-state index contributed by atoms with van der Waals surface area (Å²) in [5.74, 6) is -1.58. The maximum Gasteiger partial charge on any atom is 0.337 e. The molecule has 12 N–H and O–H groups in total.